The standard InChI is InChI=1S/C16H22N8O2/c1-17-14(25)12-24-10-13(9-20-24)21-15(26)11-22-5-7-23(8-6-22)16-18-3-2-4-19-16/h2-4,9-10H,5-8,11-12H2,1H3,(H,17,25)(H,21,26). The molecule has 0 spiro atoms. The molecule has 26 heavy (non-hydrogen) atoms. The van der Waals surface area contributed by atoms with E-state index in [2.05, 4.69) is 35.5 Å². The van der Waals surface area contributed by atoms with E-state index in [1.54, 1.807) is 31.7 Å². The molecule has 0 unspecified atom stereocenters. The summed E-state index contributed by atoms with van der Waals surface area (Å²) in [5.41, 5.74) is 0.579. The summed E-state index contributed by atoms with van der Waals surface area (Å²) in [7, 11) is 1.57. The highest BCUT2D eigenvalue weighted by molar-refractivity contribution is 5.92. The second kappa shape index (κ2) is 8.39. The first-order valence-corrected chi connectivity index (χ1v) is 8.41. The van der Waals surface area contributed by atoms with Crippen LogP contribution in [0.25, 0.3) is 0 Å². The number of carbonyl (C=O) groups excluding carboxylic acids is 2. The van der Waals surface area contributed by atoms with Crippen molar-refractivity contribution in [2.45, 2.75) is 6.54 Å². The quantitative estimate of drug-likeness (QED) is 0.694. The van der Waals surface area contributed by atoms with Gasteiger partial charge in [0.05, 0.1) is 18.4 Å². The van der Waals surface area contributed by atoms with Gasteiger partial charge in [0.1, 0.15) is 6.54 Å². The van der Waals surface area contributed by atoms with E-state index in [4.69, 9.17) is 0 Å². The van der Waals surface area contributed by atoms with Gasteiger partial charge in [-0.05, 0) is 6.07 Å². The van der Waals surface area contributed by atoms with E-state index < -0.39 is 0 Å². The molecule has 10 heteroatoms. The first-order valence-electron chi connectivity index (χ1n) is 8.41. The number of rotatable bonds is 6. The Morgan fingerprint density at radius 3 is 2.50 bits per heavy atom. The van der Waals surface area contributed by atoms with E-state index >= 15 is 0 Å². The zero-order chi connectivity index (χ0) is 18.4. The molecule has 10 nitrogen and oxygen atoms in total. The number of hydrogen-bond acceptors (Lipinski definition) is 7. The number of hydrogen-bond donors (Lipinski definition) is 2. The monoisotopic (exact) mass is 358 g/mol. The van der Waals surface area contributed by atoms with E-state index in [-0.39, 0.29) is 18.4 Å². The van der Waals surface area contributed by atoms with Crippen LogP contribution in [0.3, 0.4) is 0 Å². The largest absolute Gasteiger partial charge is 0.358 e. The number of nitrogens with one attached hydrogen (secondary N) is 2. The minimum absolute atomic E-state index is 0.103. The zero-order valence-electron chi connectivity index (χ0n) is 14.6. The summed E-state index contributed by atoms with van der Waals surface area (Å²) in [6.07, 6.45) is 6.63. The van der Waals surface area contributed by atoms with Gasteiger partial charge in [-0.2, -0.15) is 5.10 Å². The Kier molecular flexibility index (Phi) is 5.74. The Bertz CT molecular complexity index is 740. The predicted molar refractivity (Wildman–Crippen MR) is 95.6 cm³/mol. The summed E-state index contributed by atoms with van der Waals surface area (Å²) >= 11 is 0. The van der Waals surface area contributed by atoms with Gasteiger partial charge in [-0.1, -0.05) is 0 Å². The molecule has 138 valence electrons. The lowest BCUT2D eigenvalue weighted by atomic mass is 10.3. The fourth-order valence-corrected chi connectivity index (χ4v) is 2.70. The van der Waals surface area contributed by atoms with E-state index in [1.807, 2.05) is 0 Å². The number of carbonyl (C=O) groups is 2. The van der Waals surface area contributed by atoms with Gasteiger partial charge in [-0.25, -0.2) is 9.97 Å². The van der Waals surface area contributed by atoms with Crippen molar-refractivity contribution in [2.75, 3.05) is 50.0 Å². The average Bonchev–Trinajstić information content (AvgIpc) is 3.09. The molecular formula is C16H22N8O2. The fraction of sp³-hybridized carbons (Fsp3) is 0.438. The van der Waals surface area contributed by atoms with Crippen molar-refractivity contribution in [3.8, 4) is 0 Å². The molecule has 0 bridgehead atoms. The molecule has 2 aromatic heterocycles. The average molecular weight is 358 g/mol. The first kappa shape index (κ1) is 17.8. The third-order valence-electron chi connectivity index (χ3n) is 4.08. The summed E-state index contributed by atoms with van der Waals surface area (Å²) in [6, 6.07) is 1.79. The predicted octanol–water partition coefficient (Wildman–Crippen LogP) is -0.820. The Balaban J connectivity index is 1.44. The van der Waals surface area contributed by atoms with E-state index in [0.717, 1.165) is 32.1 Å². The van der Waals surface area contributed by atoms with Gasteiger partial charge in [0.25, 0.3) is 0 Å². The lowest BCUT2D eigenvalue weighted by molar-refractivity contribution is -0.121. The number of aromatic nitrogens is 4. The molecule has 1 aliphatic rings. The van der Waals surface area contributed by atoms with Crippen LogP contribution in [0.2, 0.25) is 0 Å². The second-order valence-electron chi connectivity index (χ2n) is 5.96. The molecule has 0 saturated carbocycles. The number of nitrogens with zero attached hydrogens (tertiary/aromatic N) is 6. The Morgan fingerprint density at radius 1 is 1.08 bits per heavy atom. The molecule has 2 N–H and O–H groups in total. The van der Waals surface area contributed by atoms with Crippen LogP contribution in [-0.4, -0.2) is 76.2 Å². The maximum absolute atomic E-state index is 12.2. The van der Waals surface area contributed by atoms with Gasteiger partial charge in [0.15, 0.2) is 0 Å². The van der Waals surface area contributed by atoms with Crippen molar-refractivity contribution in [1.29, 1.82) is 0 Å². The van der Waals surface area contributed by atoms with Crippen molar-refractivity contribution < 1.29 is 9.59 Å². The highest BCUT2D eigenvalue weighted by atomic mass is 16.2. The molecule has 1 aliphatic heterocycles. The van der Waals surface area contributed by atoms with E-state index in [0.29, 0.717) is 12.2 Å². The van der Waals surface area contributed by atoms with Crippen LogP contribution in [0.15, 0.2) is 30.9 Å². The van der Waals surface area contributed by atoms with Gasteiger partial charge in [-0.3, -0.25) is 19.2 Å². The van der Waals surface area contributed by atoms with Crippen LogP contribution >= 0.6 is 0 Å². The molecule has 3 rings (SSSR count). The van der Waals surface area contributed by atoms with Crippen LogP contribution in [0.5, 0.6) is 0 Å². The van der Waals surface area contributed by atoms with Gasteiger partial charge in [-0.15, -0.1) is 0 Å². The third kappa shape index (κ3) is 4.76. The fourth-order valence-electron chi connectivity index (χ4n) is 2.70. The molecule has 1 saturated heterocycles. The summed E-state index contributed by atoms with van der Waals surface area (Å²) in [5, 5.41) is 9.39. The maximum Gasteiger partial charge on any atom is 0.241 e. The molecule has 0 atom stereocenters. The molecule has 2 aromatic rings. The topological polar surface area (TPSA) is 108 Å². The highest BCUT2D eigenvalue weighted by Crippen LogP contribution is 2.10. The Hall–Kier alpha value is -3.01. The van der Waals surface area contributed by atoms with E-state index in [1.165, 1.54) is 10.9 Å². The van der Waals surface area contributed by atoms with Gasteiger partial charge in [0.2, 0.25) is 17.8 Å². The van der Waals surface area contributed by atoms with Crippen molar-refractivity contribution in [3.05, 3.63) is 30.9 Å². The molecule has 2 amide bonds. The van der Waals surface area contributed by atoms with Crippen molar-refractivity contribution in [2.24, 2.45) is 0 Å². The van der Waals surface area contributed by atoms with Gasteiger partial charge >= 0.3 is 0 Å². The first-order chi connectivity index (χ1) is 12.6. The molecule has 0 radical (unpaired) electrons. The number of amides is 2. The Morgan fingerprint density at radius 2 is 1.81 bits per heavy atom. The van der Waals surface area contributed by atoms with Crippen LogP contribution in [-0.2, 0) is 16.1 Å². The van der Waals surface area contributed by atoms with Crippen LogP contribution in [0.4, 0.5) is 11.6 Å². The molecule has 1 fully saturated rings. The second-order valence-corrected chi connectivity index (χ2v) is 5.96. The summed E-state index contributed by atoms with van der Waals surface area (Å²) in [5.74, 6) is 0.472. The van der Waals surface area contributed by atoms with Crippen LogP contribution in [0, 0.1) is 0 Å². The molecule has 0 aliphatic carbocycles. The minimum Gasteiger partial charge on any atom is -0.358 e. The summed E-state index contributed by atoms with van der Waals surface area (Å²) in [4.78, 5) is 36.2. The van der Waals surface area contributed by atoms with Crippen molar-refractivity contribution in [1.82, 2.24) is 30.0 Å². The highest BCUT2D eigenvalue weighted by Gasteiger charge is 2.20. The number of piperazine rings is 1. The Labute approximate surface area is 151 Å². The number of likely N-dealkylation sites (N-methyl/N-ethyl adjacent to an activating group) is 1. The van der Waals surface area contributed by atoms with Crippen molar-refractivity contribution >= 4 is 23.5 Å². The molecule has 0 aromatic carbocycles. The van der Waals surface area contributed by atoms with Gasteiger partial charge in [0, 0.05) is 51.8 Å². The summed E-state index contributed by atoms with van der Waals surface area (Å²) < 4.78 is 1.48. The van der Waals surface area contributed by atoms with Crippen LogP contribution in [0.1, 0.15) is 0 Å². The SMILES string of the molecule is CNC(=O)Cn1cc(NC(=O)CN2CCN(c3ncccn3)CC2)cn1. The molecule has 3 heterocycles. The van der Waals surface area contributed by atoms with Gasteiger partial charge < -0.3 is 15.5 Å². The lowest BCUT2D eigenvalue weighted by Crippen LogP contribution is -2.49. The van der Waals surface area contributed by atoms with E-state index in [9.17, 15) is 9.59 Å². The summed E-state index contributed by atoms with van der Waals surface area (Å²) in [6.45, 7) is 3.52. The molecular weight excluding hydrogens is 336 g/mol. The minimum atomic E-state index is -0.147. The third-order valence-corrected chi connectivity index (χ3v) is 4.08. The zero-order valence-corrected chi connectivity index (χ0v) is 14.6. The lowest BCUT2D eigenvalue weighted by Gasteiger charge is -2.34. The smallest absolute Gasteiger partial charge is 0.241 e. The number of anilines is 2. The van der Waals surface area contributed by atoms with Crippen molar-refractivity contribution in [3.63, 3.8) is 0 Å². The van der Waals surface area contributed by atoms with Crippen LogP contribution < -0.4 is 15.5 Å². The maximum atomic E-state index is 12.2. The normalized spacial score (nSPS) is 14.9.